The molecule has 0 aliphatic rings. The number of nitrogens with one attached hydrogen (secondary N) is 2. The zero-order valence-electron chi connectivity index (χ0n) is 9.53. The Balaban J connectivity index is 2.56. The van der Waals surface area contributed by atoms with Gasteiger partial charge in [0, 0.05) is 12.6 Å². The maximum absolute atomic E-state index is 5.54. The Morgan fingerprint density at radius 3 is 2.75 bits per heavy atom. The summed E-state index contributed by atoms with van der Waals surface area (Å²) < 4.78 is 0. The molecular formula is C9H18N6S. The van der Waals surface area contributed by atoms with Gasteiger partial charge in [-0.3, -0.25) is 0 Å². The molecule has 1 heterocycles. The van der Waals surface area contributed by atoms with E-state index in [-0.39, 0.29) is 5.95 Å². The number of thioether (sulfide) groups is 1. The summed E-state index contributed by atoms with van der Waals surface area (Å²) in [6, 6.07) is 1.72. The van der Waals surface area contributed by atoms with Crippen LogP contribution in [0.25, 0.3) is 0 Å². The van der Waals surface area contributed by atoms with Crippen molar-refractivity contribution in [3.05, 3.63) is 6.07 Å². The molecule has 7 heteroatoms. The topological polar surface area (TPSA) is 102 Å². The number of hydrazine groups is 1. The van der Waals surface area contributed by atoms with Crippen LogP contribution in [0, 0.1) is 5.92 Å². The van der Waals surface area contributed by atoms with Crippen molar-refractivity contribution in [1.29, 1.82) is 0 Å². The van der Waals surface area contributed by atoms with Crippen LogP contribution in [-0.4, -0.2) is 28.5 Å². The van der Waals surface area contributed by atoms with Crippen molar-refractivity contribution < 1.29 is 0 Å². The first-order valence-corrected chi connectivity index (χ1v) is 6.39. The van der Waals surface area contributed by atoms with E-state index in [1.54, 1.807) is 6.07 Å². The molecule has 0 aliphatic heterocycles. The van der Waals surface area contributed by atoms with E-state index in [1.165, 1.54) is 0 Å². The highest BCUT2D eigenvalue weighted by Crippen LogP contribution is 2.12. The number of nitrogen functional groups attached to an aromatic ring is 2. The minimum absolute atomic E-state index is 0.204. The van der Waals surface area contributed by atoms with Crippen LogP contribution in [-0.2, 0) is 0 Å². The second kappa shape index (κ2) is 6.39. The summed E-state index contributed by atoms with van der Waals surface area (Å²) in [5.74, 6) is 8.34. The van der Waals surface area contributed by atoms with Gasteiger partial charge in [-0.05, 0) is 17.9 Å². The fraction of sp³-hybridized carbons (Fsp3) is 0.556. The molecule has 0 saturated carbocycles. The van der Waals surface area contributed by atoms with Crippen LogP contribution in [0.1, 0.15) is 6.92 Å². The summed E-state index contributed by atoms with van der Waals surface area (Å²) in [7, 11) is 0. The van der Waals surface area contributed by atoms with Crippen LogP contribution in [0.5, 0.6) is 0 Å². The van der Waals surface area contributed by atoms with E-state index in [9.17, 15) is 0 Å². The zero-order chi connectivity index (χ0) is 12.0. The van der Waals surface area contributed by atoms with Crippen LogP contribution in [0.15, 0.2) is 6.07 Å². The van der Waals surface area contributed by atoms with Crippen LogP contribution in [0.3, 0.4) is 0 Å². The average molecular weight is 242 g/mol. The second-order valence-electron chi connectivity index (χ2n) is 3.58. The highest BCUT2D eigenvalue weighted by molar-refractivity contribution is 7.98. The molecule has 16 heavy (non-hydrogen) atoms. The van der Waals surface area contributed by atoms with Gasteiger partial charge in [0.25, 0.3) is 0 Å². The number of nitrogens with two attached hydrogens (primary N) is 2. The molecule has 0 aromatic carbocycles. The van der Waals surface area contributed by atoms with Crippen molar-refractivity contribution in [2.24, 2.45) is 11.8 Å². The third-order valence-electron chi connectivity index (χ3n) is 1.97. The van der Waals surface area contributed by atoms with Crippen molar-refractivity contribution in [2.45, 2.75) is 6.92 Å². The first kappa shape index (κ1) is 12.9. The Labute approximate surface area is 99.6 Å². The zero-order valence-corrected chi connectivity index (χ0v) is 10.3. The summed E-state index contributed by atoms with van der Waals surface area (Å²) in [6.07, 6.45) is 2.09. The molecule has 0 radical (unpaired) electrons. The number of hydrogen-bond acceptors (Lipinski definition) is 7. The molecule has 1 aromatic rings. The van der Waals surface area contributed by atoms with E-state index in [4.69, 9.17) is 11.6 Å². The van der Waals surface area contributed by atoms with Gasteiger partial charge in [-0.2, -0.15) is 21.7 Å². The maximum Gasteiger partial charge on any atom is 0.223 e. The molecule has 1 unspecified atom stereocenters. The number of anilines is 3. The molecule has 90 valence electrons. The summed E-state index contributed by atoms with van der Waals surface area (Å²) in [4.78, 5) is 7.97. The molecule has 1 atom stereocenters. The summed E-state index contributed by atoms with van der Waals surface area (Å²) in [6.45, 7) is 3.03. The largest absolute Gasteiger partial charge is 0.370 e. The smallest absolute Gasteiger partial charge is 0.223 e. The van der Waals surface area contributed by atoms with Gasteiger partial charge in [-0.1, -0.05) is 6.92 Å². The highest BCUT2D eigenvalue weighted by Gasteiger charge is 2.04. The predicted octanol–water partition coefficient (Wildman–Crippen LogP) is 0.755. The lowest BCUT2D eigenvalue weighted by Gasteiger charge is -2.12. The molecule has 6 nitrogen and oxygen atoms in total. The lowest BCUT2D eigenvalue weighted by Crippen LogP contribution is -2.16. The van der Waals surface area contributed by atoms with Gasteiger partial charge >= 0.3 is 0 Å². The van der Waals surface area contributed by atoms with E-state index >= 15 is 0 Å². The third-order valence-corrected chi connectivity index (χ3v) is 2.88. The molecule has 0 saturated heterocycles. The van der Waals surface area contributed by atoms with Crippen molar-refractivity contribution >= 4 is 29.3 Å². The average Bonchev–Trinajstić information content (AvgIpc) is 2.26. The molecule has 0 aliphatic carbocycles. The first-order chi connectivity index (χ1) is 7.65. The number of aromatic nitrogens is 2. The number of nitrogens with zero attached hydrogens (tertiary/aromatic N) is 2. The second-order valence-corrected chi connectivity index (χ2v) is 4.49. The van der Waals surface area contributed by atoms with E-state index in [0.29, 0.717) is 17.6 Å². The quantitative estimate of drug-likeness (QED) is 0.431. The molecule has 1 rings (SSSR count). The van der Waals surface area contributed by atoms with Crippen LogP contribution >= 0.6 is 11.8 Å². The van der Waals surface area contributed by atoms with Gasteiger partial charge in [0.15, 0.2) is 0 Å². The van der Waals surface area contributed by atoms with Gasteiger partial charge in [-0.15, -0.1) is 0 Å². The van der Waals surface area contributed by atoms with Crippen LogP contribution in [0.2, 0.25) is 0 Å². The van der Waals surface area contributed by atoms with Crippen LogP contribution < -0.4 is 22.3 Å². The molecule has 0 amide bonds. The maximum atomic E-state index is 5.54. The van der Waals surface area contributed by atoms with E-state index < -0.39 is 0 Å². The highest BCUT2D eigenvalue weighted by atomic mass is 32.2. The van der Waals surface area contributed by atoms with Crippen LogP contribution in [0.4, 0.5) is 17.6 Å². The summed E-state index contributed by atoms with van der Waals surface area (Å²) in [5.41, 5.74) is 7.98. The molecule has 6 N–H and O–H groups in total. The Hall–Kier alpha value is -1.21. The van der Waals surface area contributed by atoms with Gasteiger partial charge in [0.2, 0.25) is 5.95 Å². The SMILES string of the molecule is CSCC(C)CNc1cc(NN)nc(N)n1. The first-order valence-electron chi connectivity index (χ1n) is 4.99. The lowest BCUT2D eigenvalue weighted by molar-refractivity contribution is 0.699. The van der Waals surface area contributed by atoms with E-state index in [0.717, 1.165) is 12.3 Å². The monoisotopic (exact) mass is 242 g/mol. The van der Waals surface area contributed by atoms with Crippen molar-refractivity contribution in [3.63, 3.8) is 0 Å². The van der Waals surface area contributed by atoms with Gasteiger partial charge < -0.3 is 16.5 Å². The predicted molar refractivity (Wildman–Crippen MR) is 70.3 cm³/mol. The molecule has 1 aromatic heterocycles. The van der Waals surface area contributed by atoms with Gasteiger partial charge in [0.05, 0.1) is 0 Å². The van der Waals surface area contributed by atoms with Gasteiger partial charge in [0.1, 0.15) is 11.6 Å². The fourth-order valence-corrected chi connectivity index (χ4v) is 1.94. The van der Waals surface area contributed by atoms with Crippen molar-refractivity contribution in [1.82, 2.24) is 9.97 Å². The van der Waals surface area contributed by atoms with Gasteiger partial charge in [-0.25, -0.2) is 5.84 Å². The number of hydrogen-bond donors (Lipinski definition) is 4. The Kier molecular flexibility index (Phi) is 5.13. The molecular weight excluding hydrogens is 224 g/mol. The number of rotatable bonds is 6. The Bertz CT molecular complexity index is 332. The standard InChI is InChI=1S/C9H18N6S/c1-6(5-16-2)4-12-7-3-8(15-11)14-9(10)13-7/h3,6H,4-5,11H2,1-2H3,(H4,10,12,13,14,15). The summed E-state index contributed by atoms with van der Waals surface area (Å²) >= 11 is 1.83. The van der Waals surface area contributed by atoms with E-state index in [2.05, 4.69) is 33.9 Å². The van der Waals surface area contributed by atoms with Crippen molar-refractivity contribution in [2.75, 3.05) is 35.0 Å². The van der Waals surface area contributed by atoms with Crippen molar-refractivity contribution in [3.8, 4) is 0 Å². The fourth-order valence-electron chi connectivity index (χ4n) is 1.25. The molecule has 0 bridgehead atoms. The molecule has 0 spiro atoms. The lowest BCUT2D eigenvalue weighted by atomic mass is 10.2. The Morgan fingerprint density at radius 1 is 1.44 bits per heavy atom. The minimum atomic E-state index is 0.204. The van der Waals surface area contributed by atoms with E-state index in [1.807, 2.05) is 11.8 Å². The molecule has 0 fully saturated rings. The summed E-state index contributed by atoms with van der Waals surface area (Å²) in [5, 5.41) is 3.20. The normalized spacial score (nSPS) is 12.2. The minimum Gasteiger partial charge on any atom is -0.370 e. The third kappa shape index (κ3) is 4.11. The Morgan fingerprint density at radius 2 is 2.12 bits per heavy atom.